The van der Waals surface area contributed by atoms with E-state index in [0.29, 0.717) is 30.1 Å². The van der Waals surface area contributed by atoms with Crippen LogP contribution in [0.1, 0.15) is 56.2 Å². The standard InChI is InChI=1S/C55H53O7S.Ra.H/c1-40-32-49(59-35-42-22-10-3-11-23-42)48(33-47(40)51(56)46-30-18-7-19-31-46)55(57)54(62-38-45-28-16-6-17-29-45)53(61-37-44-26-14-5-15-27-44)52(60-36-43-24-12-4-13-25-43)50(63-55)39-58-34-41-20-8-2-9-21-41;;/h2-6,8-33,50-54,56-57H,34-39H2,1H3;;/t50-,51?,52-,53+,54-,55?;;/m1../s1. The Morgan fingerprint density at radius 2 is 1.02 bits per heavy atom. The van der Waals surface area contributed by atoms with Crippen LogP contribution < -0.4 is 5.34 Å². The third-order valence-electron chi connectivity index (χ3n) is 11.6. The van der Waals surface area contributed by atoms with Crippen LogP contribution in [0.25, 0.3) is 0 Å². The molecule has 2 N–H and O–H groups in total. The molecule has 7 aromatic rings. The van der Waals surface area contributed by atoms with Crippen LogP contribution in [-0.2, 0) is 56.9 Å². The van der Waals surface area contributed by atoms with Crippen molar-refractivity contribution in [2.45, 2.75) is 74.6 Å². The quantitative estimate of drug-likeness (QED) is 0.0829. The van der Waals surface area contributed by atoms with Gasteiger partial charge in [-0.25, -0.2) is 0 Å². The van der Waals surface area contributed by atoms with Crippen molar-refractivity contribution in [1.29, 1.82) is 0 Å². The van der Waals surface area contributed by atoms with E-state index >= 15 is 0 Å². The van der Waals surface area contributed by atoms with Crippen LogP contribution in [0.2, 0.25) is 0 Å². The zero-order valence-corrected chi connectivity index (χ0v) is 45.4. The molecule has 0 aromatic heterocycles. The number of rotatable bonds is 19. The van der Waals surface area contributed by atoms with Gasteiger partial charge in [0.05, 0.1) is 19.8 Å². The fraction of sp³-hybridized carbons (Fsp3) is 0.236. The van der Waals surface area contributed by atoms with Crippen molar-refractivity contribution < 1.29 is 76.7 Å². The summed E-state index contributed by atoms with van der Waals surface area (Å²) in [6.45, 7) is 3.58. The Kier molecular flexibility index (Phi) is 16.6. The van der Waals surface area contributed by atoms with E-state index < -0.39 is 34.6 Å². The molecule has 1 fully saturated rings. The molecular formula is C55H54O7RaS. The van der Waals surface area contributed by atoms with Gasteiger partial charge in [-0.1, -0.05) is 152 Å². The number of hydrogen-bond donors (Lipinski definition) is 2. The van der Waals surface area contributed by atoms with Crippen molar-refractivity contribution in [2.24, 2.45) is 0 Å². The van der Waals surface area contributed by atoms with Crippen molar-refractivity contribution in [3.63, 3.8) is 0 Å². The summed E-state index contributed by atoms with van der Waals surface area (Å²) >= 11 is 1.51. The van der Waals surface area contributed by atoms with Crippen molar-refractivity contribution in [3.05, 3.63) is 238 Å². The van der Waals surface area contributed by atoms with Crippen LogP contribution >= 0.6 is 11.8 Å². The molecule has 6 atom stereocenters. The van der Waals surface area contributed by atoms with Gasteiger partial charge >= 0.3 is 211 Å². The summed E-state index contributed by atoms with van der Waals surface area (Å²) in [5, 5.41) is 25.7. The molecular weight excluding hydrogens is 1030 g/mol. The molecule has 1 aliphatic heterocycles. The third kappa shape index (κ3) is 12.0. The first-order chi connectivity index (χ1) is 31.3. The number of benzene rings is 7. The van der Waals surface area contributed by atoms with Gasteiger partial charge in [0.15, 0.2) is 0 Å². The first-order valence-corrected chi connectivity index (χ1v) is 26.9. The topological polar surface area (TPSA) is 86.6 Å². The van der Waals surface area contributed by atoms with E-state index in [4.69, 9.17) is 23.7 Å². The zero-order chi connectivity index (χ0) is 44.1. The predicted octanol–water partition coefficient (Wildman–Crippen LogP) is 9.80. The number of thioether (sulfide) groups is 1. The Balaban J connectivity index is 1.27. The molecule has 0 spiro atoms. The van der Waals surface area contributed by atoms with E-state index in [1.165, 1.54) is 12.4 Å². The first-order valence-electron chi connectivity index (χ1n) is 21.9. The maximum absolute atomic E-state index is 14.0. The molecule has 0 saturated carbocycles. The van der Waals surface area contributed by atoms with E-state index in [0.717, 1.165) is 38.9 Å². The number of aliphatic hydroxyl groups excluding tert-OH is 1. The van der Waals surface area contributed by atoms with Gasteiger partial charge in [-0.2, -0.15) is 0 Å². The van der Waals surface area contributed by atoms with Crippen molar-refractivity contribution in [1.82, 2.24) is 0 Å². The van der Waals surface area contributed by atoms with Crippen LogP contribution in [0.3, 0.4) is 0 Å². The average Bonchev–Trinajstić information content (AvgIpc) is 3.33. The van der Waals surface area contributed by atoms with Crippen LogP contribution in [0.4, 0.5) is 0 Å². The summed E-state index contributed by atoms with van der Waals surface area (Å²) < 4.78 is 35.8. The molecule has 0 radical (unpaired) electrons. The molecule has 8 rings (SSSR count). The van der Waals surface area contributed by atoms with Crippen LogP contribution in [0.15, 0.2) is 188 Å². The molecule has 1 heterocycles. The second-order valence-corrected chi connectivity index (χ2v) is 22.6. The van der Waals surface area contributed by atoms with E-state index in [-0.39, 0.29) is 69.2 Å². The van der Waals surface area contributed by atoms with Gasteiger partial charge in [0.25, 0.3) is 0 Å². The van der Waals surface area contributed by atoms with Gasteiger partial charge in [0.2, 0.25) is 0 Å². The minimum atomic E-state index is -1.82. The van der Waals surface area contributed by atoms with Crippen molar-refractivity contribution in [3.8, 4) is 5.75 Å². The van der Waals surface area contributed by atoms with Gasteiger partial charge in [-0.15, -0.1) is 0 Å². The fourth-order valence-electron chi connectivity index (χ4n) is 8.13. The van der Waals surface area contributed by atoms with Crippen molar-refractivity contribution >= 4 is 12.4 Å². The van der Waals surface area contributed by atoms with E-state index in [2.05, 4.69) is 12.1 Å². The zero-order valence-electron chi connectivity index (χ0n) is 36.4. The Bertz CT molecular complexity index is 2480. The van der Waals surface area contributed by atoms with Gasteiger partial charge < -0.3 is 9.47 Å². The molecule has 0 bridgehead atoms. The molecule has 64 heavy (non-hydrogen) atoms. The molecule has 7 aromatic carbocycles. The predicted molar refractivity (Wildman–Crippen MR) is 250 cm³/mol. The summed E-state index contributed by atoms with van der Waals surface area (Å²) in [5.74, 6) is 0.480. The first kappa shape index (κ1) is 46.4. The second kappa shape index (κ2) is 22.9. The van der Waals surface area contributed by atoms with Crippen molar-refractivity contribution in [2.75, 3.05) is 6.61 Å². The summed E-state index contributed by atoms with van der Waals surface area (Å²) in [5.41, 5.74) is 7.67. The Morgan fingerprint density at radius 1 is 0.562 bits per heavy atom. The summed E-state index contributed by atoms with van der Waals surface area (Å²) in [6.07, 6.45) is -3.39. The van der Waals surface area contributed by atoms with Gasteiger partial charge in [-0.05, 0) is 22.3 Å². The number of hydrogen-bond acceptors (Lipinski definition) is 8. The molecule has 324 valence electrons. The molecule has 1 saturated heterocycles. The Hall–Kier alpha value is -4.08. The monoisotopic (exact) mass is 1080 g/mol. The molecule has 0 aliphatic carbocycles. The molecule has 2 unspecified atom stereocenters. The average molecular weight is 1090 g/mol. The van der Waals surface area contributed by atoms with Gasteiger partial charge in [0, 0.05) is 0 Å². The van der Waals surface area contributed by atoms with Crippen LogP contribution in [-0.4, -0.2) is 40.4 Å². The van der Waals surface area contributed by atoms with Crippen LogP contribution in [0, 0.1) is 49.7 Å². The van der Waals surface area contributed by atoms with Gasteiger partial charge in [0.1, 0.15) is 0 Å². The molecule has 0 amide bonds. The third-order valence-corrected chi connectivity index (χ3v) is 15.9. The minimum absolute atomic E-state index is 0.171. The van der Waals surface area contributed by atoms with Crippen LogP contribution in [0.5, 0.6) is 5.75 Å². The fourth-order valence-corrected chi connectivity index (χ4v) is 11.1. The van der Waals surface area contributed by atoms with E-state index in [1.807, 2.05) is 183 Å². The van der Waals surface area contributed by atoms with Gasteiger partial charge in [-0.3, -0.25) is 0 Å². The number of ether oxygens (including phenoxy) is 5. The second-order valence-electron chi connectivity index (χ2n) is 16.4. The summed E-state index contributed by atoms with van der Waals surface area (Å²) in [7, 11) is 0. The maximum atomic E-state index is 14.0. The van der Waals surface area contributed by atoms with E-state index in [9.17, 15) is 10.2 Å². The normalized spacial score (nSPS) is 20.1. The van der Waals surface area contributed by atoms with E-state index in [1.54, 1.807) is 0 Å². The summed E-state index contributed by atoms with van der Waals surface area (Å²) in [4.78, 5) is -1.82. The number of aryl methyl sites for hydroxylation is 1. The SMILES string of the molecule is Cc1cc(OCc2ccccc2)c(C2(O)S[C@H](COCc3ccccc3)[C@@H](OCc3ccccc3)[C@H](OCc3ccccc3)[C@H]2OCc2ccccc2)cc1C(O)c1cc[c]([RaH])cc1. The Labute approximate surface area is 410 Å². The molecule has 7 nitrogen and oxygen atoms in total. The Morgan fingerprint density at radius 3 is 1.53 bits per heavy atom. The summed E-state index contributed by atoms with van der Waals surface area (Å²) in [6, 6.07) is 62.2. The molecule has 1 aliphatic rings. The molecule has 9 heteroatoms. The number of aliphatic hydroxyl groups is 2.